The Labute approximate surface area is 188 Å². The summed E-state index contributed by atoms with van der Waals surface area (Å²) in [7, 11) is 1.87. The standard InChI is InChI=1S/C22H21FN4O2S2/c1-27-10-9-24-22(27)31-13-20(28)25-16-5-2-14(3-6-16)21(29)26-18-8-11-30-19-7-4-15(23)12-17(18)19/h2-7,9-10,12,18H,8,11,13H2,1H3,(H,25,28)(H,26,29)/t18-/m1/s1. The number of anilines is 1. The number of amides is 2. The van der Waals surface area contributed by atoms with E-state index in [2.05, 4.69) is 15.6 Å². The van der Waals surface area contributed by atoms with E-state index in [0.717, 1.165) is 27.8 Å². The largest absolute Gasteiger partial charge is 0.345 e. The minimum atomic E-state index is -0.304. The second-order valence-corrected chi connectivity index (χ2v) is 9.16. The number of hydrogen-bond acceptors (Lipinski definition) is 5. The maximum absolute atomic E-state index is 13.7. The van der Waals surface area contributed by atoms with Gasteiger partial charge in [0.05, 0.1) is 11.8 Å². The lowest BCUT2D eigenvalue weighted by atomic mass is 10.0. The molecular formula is C22H21FN4O2S2. The first-order valence-corrected chi connectivity index (χ1v) is 11.7. The van der Waals surface area contributed by atoms with E-state index in [-0.39, 0.29) is 29.4 Å². The van der Waals surface area contributed by atoms with Crippen LogP contribution in [0.15, 0.2) is 64.9 Å². The number of thioether (sulfide) groups is 2. The van der Waals surface area contributed by atoms with E-state index in [1.165, 1.54) is 23.9 Å². The summed E-state index contributed by atoms with van der Waals surface area (Å²) in [6.45, 7) is 0. The van der Waals surface area contributed by atoms with Crippen LogP contribution in [0.25, 0.3) is 0 Å². The Bertz CT molecular complexity index is 1100. The third kappa shape index (κ3) is 5.29. The maximum Gasteiger partial charge on any atom is 0.251 e. The van der Waals surface area contributed by atoms with Crippen molar-refractivity contribution >= 4 is 41.0 Å². The first kappa shape index (κ1) is 21.5. The topological polar surface area (TPSA) is 76.0 Å². The Kier molecular flexibility index (Phi) is 6.62. The molecule has 2 N–H and O–H groups in total. The van der Waals surface area contributed by atoms with Gasteiger partial charge >= 0.3 is 0 Å². The number of imidazole rings is 1. The molecule has 1 aromatic heterocycles. The highest BCUT2D eigenvalue weighted by Gasteiger charge is 2.23. The van der Waals surface area contributed by atoms with Crippen LogP contribution in [-0.2, 0) is 11.8 Å². The molecule has 9 heteroatoms. The van der Waals surface area contributed by atoms with Gasteiger partial charge in [0.2, 0.25) is 5.91 Å². The van der Waals surface area contributed by atoms with E-state index in [1.807, 2.05) is 17.8 Å². The quantitative estimate of drug-likeness (QED) is 0.542. The van der Waals surface area contributed by atoms with Crippen LogP contribution >= 0.6 is 23.5 Å². The van der Waals surface area contributed by atoms with E-state index < -0.39 is 0 Å². The third-order valence-electron chi connectivity index (χ3n) is 4.86. The van der Waals surface area contributed by atoms with Crippen LogP contribution in [0.2, 0.25) is 0 Å². The molecule has 3 aromatic rings. The Hall–Kier alpha value is -2.78. The van der Waals surface area contributed by atoms with Gasteiger partial charge in [-0.2, -0.15) is 0 Å². The zero-order valence-corrected chi connectivity index (χ0v) is 18.4. The van der Waals surface area contributed by atoms with Crippen LogP contribution in [-0.4, -0.2) is 32.9 Å². The Morgan fingerprint density at radius 3 is 2.81 bits per heavy atom. The zero-order chi connectivity index (χ0) is 21.8. The average molecular weight is 457 g/mol. The summed E-state index contributed by atoms with van der Waals surface area (Å²) in [5, 5.41) is 6.59. The normalized spacial score (nSPS) is 15.2. The number of halogens is 1. The molecule has 2 heterocycles. The average Bonchev–Trinajstić information content (AvgIpc) is 3.18. The Morgan fingerprint density at radius 1 is 1.26 bits per heavy atom. The SMILES string of the molecule is Cn1ccnc1SCC(=O)Nc1ccc(C(=O)N[C@@H]2CCSc3ccc(F)cc32)cc1. The van der Waals surface area contributed by atoms with Crippen molar-refractivity contribution in [1.82, 2.24) is 14.9 Å². The molecule has 0 unspecified atom stereocenters. The minimum absolute atomic E-state index is 0.149. The van der Waals surface area contributed by atoms with E-state index >= 15 is 0 Å². The van der Waals surface area contributed by atoms with Crippen molar-refractivity contribution in [2.45, 2.75) is 22.5 Å². The van der Waals surface area contributed by atoms with Gasteiger partial charge in [0.25, 0.3) is 5.91 Å². The third-order valence-corrected chi connectivity index (χ3v) is 7.04. The Morgan fingerprint density at radius 2 is 2.06 bits per heavy atom. The predicted molar refractivity (Wildman–Crippen MR) is 121 cm³/mol. The van der Waals surface area contributed by atoms with Gasteiger partial charge in [-0.15, -0.1) is 11.8 Å². The summed E-state index contributed by atoms with van der Waals surface area (Å²) in [5.74, 6) is 0.425. The van der Waals surface area contributed by atoms with Crippen molar-refractivity contribution in [2.75, 3.05) is 16.8 Å². The summed E-state index contributed by atoms with van der Waals surface area (Å²) in [5.41, 5.74) is 1.92. The van der Waals surface area contributed by atoms with Gasteiger partial charge in [0.1, 0.15) is 5.82 Å². The smallest absolute Gasteiger partial charge is 0.251 e. The molecular weight excluding hydrogens is 435 g/mol. The molecule has 0 fully saturated rings. The highest BCUT2D eigenvalue weighted by Crippen LogP contribution is 2.36. The fourth-order valence-electron chi connectivity index (χ4n) is 3.28. The number of nitrogens with one attached hydrogen (secondary N) is 2. The number of carbonyl (C=O) groups is 2. The number of nitrogens with zero attached hydrogens (tertiary/aromatic N) is 2. The summed E-state index contributed by atoms with van der Waals surface area (Å²) in [6.07, 6.45) is 4.26. The van der Waals surface area contributed by atoms with Crippen molar-refractivity contribution in [1.29, 1.82) is 0 Å². The molecule has 1 aliphatic rings. The number of carbonyl (C=O) groups excluding carboxylic acids is 2. The predicted octanol–water partition coefficient (Wildman–Crippen LogP) is 4.26. The minimum Gasteiger partial charge on any atom is -0.345 e. The summed E-state index contributed by atoms with van der Waals surface area (Å²) in [4.78, 5) is 30.0. The van der Waals surface area contributed by atoms with Crippen molar-refractivity contribution in [2.24, 2.45) is 7.05 Å². The zero-order valence-electron chi connectivity index (χ0n) is 16.8. The first-order valence-electron chi connectivity index (χ1n) is 9.73. The fourth-order valence-corrected chi connectivity index (χ4v) is 5.12. The number of aromatic nitrogens is 2. The fraction of sp³-hybridized carbons (Fsp3) is 0.227. The number of benzene rings is 2. The molecule has 1 atom stereocenters. The molecule has 160 valence electrons. The molecule has 2 aromatic carbocycles. The lowest BCUT2D eigenvalue weighted by molar-refractivity contribution is -0.113. The van der Waals surface area contributed by atoms with Crippen LogP contribution in [0.1, 0.15) is 28.4 Å². The molecule has 0 radical (unpaired) electrons. The lowest BCUT2D eigenvalue weighted by Crippen LogP contribution is -2.30. The van der Waals surface area contributed by atoms with Gasteiger partial charge in [-0.3, -0.25) is 9.59 Å². The van der Waals surface area contributed by atoms with Gasteiger partial charge in [0.15, 0.2) is 5.16 Å². The van der Waals surface area contributed by atoms with E-state index in [1.54, 1.807) is 48.3 Å². The van der Waals surface area contributed by atoms with E-state index in [0.29, 0.717) is 11.3 Å². The van der Waals surface area contributed by atoms with E-state index in [4.69, 9.17) is 0 Å². The monoisotopic (exact) mass is 456 g/mol. The molecule has 6 nitrogen and oxygen atoms in total. The van der Waals surface area contributed by atoms with Gasteiger partial charge in [-0.25, -0.2) is 9.37 Å². The molecule has 0 aliphatic carbocycles. The highest BCUT2D eigenvalue weighted by molar-refractivity contribution is 7.99. The van der Waals surface area contributed by atoms with Crippen molar-refractivity contribution < 1.29 is 14.0 Å². The summed E-state index contributed by atoms with van der Waals surface area (Å²) < 4.78 is 15.5. The number of aryl methyl sites for hydroxylation is 1. The lowest BCUT2D eigenvalue weighted by Gasteiger charge is -2.26. The van der Waals surface area contributed by atoms with Gasteiger partial charge in [0, 0.05) is 41.3 Å². The summed E-state index contributed by atoms with van der Waals surface area (Å²) in [6, 6.07) is 11.2. The van der Waals surface area contributed by atoms with E-state index in [9.17, 15) is 14.0 Å². The summed E-state index contributed by atoms with van der Waals surface area (Å²) >= 11 is 3.02. The molecule has 0 bridgehead atoms. The van der Waals surface area contributed by atoms with Gasteiger partial charge in [-0.05, 0) is 54.4 Å². The molecule has 0 saturated carbocycles. The van der Waals surface area contributed by atoms with Crippen molar-refractivity contribution in [3.63, 3.8) is 0 Å². The number of hydrogen-bond donors (Lipinski definition) is 2. The molecule has 31 heavy (non-hydrogen) atoms. The molecule has 0 spiro atoms. The van der Waals surface area contributed by atoms with Crippen LogP contribution < -0.4 is 10.6 Å². The molecule has 1 aliphatic heterocycles. The molecule has 2 amide bonds. The second kappa shape index (κ2) is 9.57. The second-order valence-electron chi connectivity index (χ2n) is 7.08. The highest BCUT2D eigenvalue weighted by atomic mass is 32.2. The van der Waals surface area contributed by atoms with Gasteiger partial charge in [-0.1, -0.05) is 11.8 Å². The first-order chi connectivity index (χ1) is 15.0. The number of fused-ring (bicyclic) bond motifs is 1. The van der Waals surface area contributed by atoms with Crippen LogP contribution in [0.3, 0.4) is 0 Å². The van der Waals surface area contributed by atoms with Crippen LogP contribution in [0, 0.1) is 5.82 Å². The molecule has 0 saturated heterocycles. The Balaban J connectivity index is 1.34. The molecule has 4 rings (SSSR count). The van der Waals surface area contributed by atoms with Crippen LogP contribution in [0.5, 0.6) is 0 Å². The van der Waals surface area contributed by atoms with Crippen LogP contribution in [0.4, 0.5) is 10.1 Å². The van der Waals surface area contributed by atoms with Gasteiger partial charge < -0.3 is 15.2 Å². The number of rotatable bonds is 6. The maximum atomic E-state index is 13.7. The van der Waals surface area contributed by atoms with Crippen molar-refractivity contribution in [3.05, 3.63) is 71.8 Å². The van der Waals surface area contributed by atoms with Crippen molar-refractivity contribution in [3.8, 4) is 0 Å².